The van der Waals surface area contributed by atoms with E-state index in [4.69, 9.17) is 9.47 Å². The molecule has 0 fully saturated rings. The lowest BCUT2D eigenvalue weighted by Crippen LogP contribution is -2.33. The Morgan fingerprint density at radius 3 is 2.52 bits per heavy atom. The normalized spacial score (nSPS) is 12.8. The zero-order chi connectivity index (χ0) is 15.1. The average Bonchev–Trinajstić information content (AvgIpc) is 2.47. The van der Waals surface area contributed by atoms with Crippen molar-refractivity contribution in [3.05, 3.63) is 43.5 Å². The molecule has 1 aromatic carbocycles. The van der Waals surface area contributed by atoms with E-state index in [-0.39, 0.29) is 12.5 Å². The van der Waals surface area contributed by atoms with Gasteiger partial charge < -0.3 is 14.8 Å². The molecule has 0 aromatic heterocycles. The molecule has 1 aliphatic heterocycles. The molecule has 0 spiro atoms. The summed E-state index contributed by atoms with van der Waals surface area (Å²) in [6.07, 6.45) is 3.53. The smallest absolute Gasteiger partial charge is 0.238 e. The summed E-state index contributed by atoms with van der Waals surface area (Å²) in [4.78, 5) is 14.0. The van der Waals surface area contributed by atoms with Gasteiger partial charge in [0.2, 0.25) is 5.91 Å². The maximum absolute atomic E-state index is 12.0. The van der Waals surface area contributed by atoms with E-state index in [9.17, 15) is 4.79 Å². The Morgan fingerprint density at radius 1 is 1.19 bits per heavy atom. The first-order chi connectivity index (χ1) is 10.2. The highest BCUT2D eigenvalue weighted by molar-refractivity contribution is 5.92. The Hall–Kier alpha value is -2.27. The van der Waals surface area contributed by atoms with Crippen molar-refractivity contribution in [1.29, 1.82) is 0 Å². The van der Waals surface area contributed by atoms with Crippen LogP contribution < -0.4 is 14.8 Å². The van der Waals surface area contributed by atoms with Gasteiger partial charge in [0.05, 0.1) is 6.54 Å². The number of anilines is 1. The number of nitrogens with zero attached hydrogens (tertiary/aromatic N) is 1. The van der Waals surface area contributed by atoms with E-state index in [2.05, 4.69) is 18.5 Å². The molecule has 5 nitrogen and oxygen atoms in total. The molecule has 112 valence electrons. The van der Waals surface area contributed by atoms with Crippen LogP contribution in [0.5, 0.6) is 11.5 Å². The molecule has 1 aromatic rings. The highest BCUT2D eigenvalue weighted by Crippen LogP contribution is 2.32. The van der Waals surface area contributed by atoms with Gasteiger partial charge in [-0.2, -0.15) is 0 Å². The lowest BCUT2D eigenvalue weighted by molar-refractivity contribution is -0.117. The molecule has 0 saturated carbocycles. The predicted octanol–water partition coefficient (Wildman–Crippen LogP) is 2.07. The Labute approximate surface area is 124 Å². The van der Waals surface area contributed by atoms with Crippen molar-refractivity contribution >= 4 is 11.6 Å². The van der Waals surface area contributed by atoms with E-state index in [0.29, 0.717) is 43.5 Å². The van der Waals surface area contributed by atoms with E-state index in [1.54, 1.807) is 30.4 Å². The molecule has 0 aliphatic carbocycles. The van der Waals surface area contributed by atoms with Gasteiger partial charge in [0, 0.05) is 24.8 Å². The molecule has 1 amide bonds. The van der Waals surface area contributed by atoms with Crippen molar-refractivity contribution in [2.45, 2.75) is 0 Å². The van der Waals surface area contributed by atoms with Gasteiger partial charge in [-0.05, 0) is 12.1 Å². The van der Waals surface area contributed by atoms with Gasteiger partial charge in [-0.1, -0.05) is 12.2 Å². The fourth-order valence-electron chi connectivity index (χ4n) is 2.09. The molecule has 0 bridgehead atoms. The number of benzene rings is 1. The Morgan fingerprint density at radius 2 is 1.86 bits per heavy atom. The number of nitrogens with one attached hydrogen (secondary N) is 1. The van der Waals surface area contributed by atoms with Gasteiger partial charge in [-0.3, -0.25) is 9.69 Å². The van der Waals surface area contributed by atoms with Crippen LogP contribution in [0.1, 0.15) is 0 Å². The number of ether oxygens (including phenoxy) is 2. The van der Waals surface area contributed by atoms with E-state index in [1.165, 1.54) is 0 Å². The number of carbonyl (C=O) groups excluding carboxylic acids is 1. The summed E-state index contributed by atoms with van der Waals surface area (Å²) in [5.74, 6) is 1.28. The van der Waals surface area contributed by atoms with Crippen LogP contribution in [0, 0.1) is 0 Å². The minimum absolute atomic E-state index is 0.0876. The van der Waals surface area contributed by atoms with Gasteiger partial charge in [0.15, 0.2) is 11.5 Å². The minimum atomic E-state index is -0.0876. The van der Waals surface area contributed by atoms with Gasteiger partial charge in [0.25, 0.3) is 0 Å². The number of hydrogen-bond donors (Lipinski definition) is 1. The van der Waals surface area contributed by atoms with Gasteiger partial charge in [0.1, 0.15) is 13.2 Å². The molecule has 0 saturated heterocycles. The molecule has 0 atom stereocenters. The van der Waals surface area contributed by atoms with E-state index in [0.717, 1.165) is 0 Å². The average molecular weight is 288 g/mol. The minimum Gasteiger partial charge on any atom is -0.486 e. The monoisotopic (exact) mass is 288 g/mol. The van der Waals surface area contributed by atoms with Gasteiger partial charge in [-0.15, -0.1) is 13.2 Å². The van der Waals surface area contributed by atoms with Crippen LogP contribution in [0.3, 0.4) is 0 Å². The number of amides is 1. The van der Waals surface area contributed by atoms with Crippen LogP contribution in [0.2, 0.25) is 0 Å². The highest BCUT2D eigenvalue weighted by Gasteiger charge is 2.13. The number of hydrogen-bond acceptors (Lipinski definition) is 4. The summed E-state index contributed by atoms with van der Waals surface area (Å²) >= 11 is 0. The van der Waals surface area contributed by atoms with Crippen molar-refractivity contribution < 1.29 is 14.3 Å². The molecule has 0 radical (unpaired) electrons. The summed E-state index contributed by atoms with van der Waals surface area (Å²) in [6, 6.07) is 5.38. The molecule has 1 N–H and O–H groups in total. The van der Waals surface area contributed by atoms with Crippen molar-refractivity contribution in [3.63, 3.8) is 0 Å². The molecule has 0 unspecified atom stereocenters. The van der Waals surface area contributed by atoms with Gasteiger partial charge in [-0.25, -0.2) is 0 Å². The third kappa shape index (κ3) is 4.36. The third-order valence-corrected chi connectivity index (χ3v) is 2.97. The summed E-state index contributed by atoms with van der Waals surface area (Å²) in [7, 11) is 0. The van der Waals surface area contributed by atoms with Crippen molar-refractivity contribution in [2.24, 2.45) is 0 Å². The fraction of sp³-hybridized carbons (Fsp3) is 0.312. The quantitative estimate of drug-likeness (QED) is 0.780. The van der Waals surface area contributed by atoms with Crippen LogP contribution in [0.15, 0.2) is 43.5 Å². The zero-order valence-corrected chi connectivity index (χ0v) is 12.0. The van der Waals surface area contributed by atoms with Gasteiger partial charge >= 0.3 is 0 Å². The lowest BCUT2D eigenvalue weighted by atomic mass is 10.2. The van der Waals surface area contributed by atoms with Crippen LogP contribution >= 0.6 is 0 Å². The van der Waals surface area contributed by atoms with Crippen LogP contribution in [-0.2, 0) is 4.79 Å². The second kappa shape index (κ2) is 7.50. The van der Waals surface area contributed by atoms with Crippen LogP contribution in [-0.4, -0.2) is 43.7 Å². The molecule has 5 heteroatoms. The van der Waals surface area contributed by atoms with Crippen molar-refractivity contribution in [2.75, 3.05) is 38.2 Å². The number of fused-ring (bicyclic) bond motifs is 1. The largest absolute Gasteiger partial charge is 0.486 e. The second-order valence-electron chi connectivity index (χ2n) is 4.68. The first kappa shape index (κ1) is 15.1. The molecule has 1 aliphatic rings. The molecular weight excluding hydrogens is 268 g/mol. The molecule has 2 rings (SSSR count). The molecule has 1 heterocycles. The number of rotatable bonds is 7. The Bertz CT molecular complexity index is 518. The highest BCUT2D eigenvalue weighted by atomic mass is 16.6. The van der Waals surface area contributed by atoms with E-state index in [1.807, 2.05) is 4.90 Å². The first-order valence-electron chi connectivity index (χ1n) is 6.86. The predicted molar refractivity (Wildman–Crippen MR) is 82.9 cm³/mol. The summed E-state index contributed by atoms with van der Waals surface area (Å²) in [5, 5.41) is 2.85. The molecular formula is C16H20N2O3. The standard InChI is InChI=1S/C16H20N2O3/c1-3-7-18(8-4-2)12-16(19)17-13-5-6-14-15(11-13)21-10-9-20-14/h3-6,11H,1-2,7-10,12H2,(H,17,19). The summed E-state index contributed by atoms with van der Waals surface area (Å²) < 4.78 is 10.9. The maximum atomic E-state index is 12.0. The van der Waals surface area contributed by atoms with Crippen LogP contribution in [0.25, 0.3) is 0 Å². The first-order valence-corrected chi connectivity index (χ1v) is 6.86. The van der Waals surface area contributed by atoms with Crippen LogP contribution in [0.4, 0.5) is 5.69 Å². The van der Waals surface area contributed by atoms with Crippen molar-refractivity contribution in [1.82, 2.24) is 4.90 Å². The SMILES string of the molecule is C=CCN(CC=C)CC(=O)Nc1ccc2c(c1)OCCO2. The number of carbonyl (C=O) groups is 1. The van der Waals surface area contributed by atoms with E-state index >= 15 is 0 Å². The summed E-state index contributed by atoms with van der Waals surface area (Å²) in [5.41, 5.74) is 0.696. The van der Waals surface area contributed by atoms with E-state index < -0.39 is 0 Å². The molecule has 21 heavy (non-hydrogen) atoms. The third-order valence-electron chi connectivity index (χ3n) is 2.97. The maximum Gasteiger partial charge on any atom is 0.238 e. The fourth-order valence-corrected chi connectivity index (χ4v) is 2.09. The summed E-state index contributed by atoms with van der Waals surface area (Å²) in [6.45, 7) is 10.0. The second-order valence-corrected chi connectivity index (χ2v) is 4.68. The Kier molecular flexibility index (Phi) is 5.40. The Balaban J connectivity index is 1.95. The topological polar surface area (TPSA) is 50.8 Å². The van der Waals surface area contributed by atoms with Crippen molar-refractivity contribution in [3.8, 4) is 11.5 Å². The zero-order valence-electron chi connectivity index (χ0n) is 12.0. The lowest BCUT2D eigenvalue weighted by Gasteiger charge is -2.20.